The molecule has 2 rings (SSSR count). The molecule has 0 saturated heterocycles. The standard InChI is InChI=1S/C21H30N4O3/c1-4-24(5-2)13-14-25(16-20(26)22-19-15-17(3)28-23-19)21(27)12-11-18-9-7-6-8-10-18/h6-10,15H,4-5,11-14,16H2,1-3H3,(H,22,23,26). The van der Waals surface area contributed by atoms with E-state index in [-0.39, 0.29) is 18.4 Å². The Balaban J connectivity index is 1.96. The van der Waals surface area contributed by atoms with Crippen LogP contribution in [-0.4, -0.2) is 59.5 Å². The van der Waals surface area contributed by atoms with E-state index in [0.717, 1.165) is 25.2 Å². The predicted molar refractivity (Wildman–Crippen MR) is 109 cm³/mol. The van der Waals surface area contributed by atoms with Gasteiger partial charge in [0.15, 0.2) is 5.82 Å². The maximum Gasteiger partial charge on any atom is 0.245 e. The molecule has 0 unspecified atom stereocenters. The van der Waals surface area contributed by atoms with E-state index in [0.29, 0.717) is 31.0 Å². The third kappa shape index (κ3) is 7.15. The van der Waals surface area contributed by atoms with Crippen LogP contribution in [-0.2, 0) is 16.0 Å². The quantitative estimate of drug-likeness (QED) is 0.642. The largest absolute Gasteiger partial charge is 0.360 e. The average molecular weight is 386 g/mol. The summed E-state index contributed by atoms with van der Waals surface area (Å²) in [7, 11) is 0. The van der Waals surface area contributed by atoms with Crippen molar-refractivity contribution in [2.24, 2.45) is 0 Å². The monoisotopic (exact) mass is 386 g/mol. The Labute approximate surface area is 166 Å². The summed E-state index contributed by atoms with van der Waals surface area (Å²) in [6.45, 7) is 9.00. The number of aryl methyl sites for hydroxylation is 2. The minimum Gasteiger partial charge on any atom is -0.360 e. The van der Waals surface area contributed by atoms with Crippen LogP contribution in [0, 0.1) is 6.92 Å². The van der Waals surface area contributed by atoms with E-state index in [1.54, 1.807) is 17.9 Å². The van der Waals surface area contributed by atoms with Crippen molar-refractivity contribution in [2.45, 2.75) is 33.6 Å². The van der Waals surface area contributed by atoms with Crippen LogP contribution in [0.25, 0.3) is 0 Å². The van der Waals surface area contributed by atoms with Crippen LogP contribution < -0.4 is 5.32 Å². The van der Waals surface area contributed by atoms with E-state index in [2.05, 4.69) is 29.2 Å². The molecule has 2 aromatic rings. The van der Waals surface area contributed by atoms with Gasteiger partial charge in [0.2, 0.25) is 11.8 Å². The van der Waals surface area contributed by atoms with Crippen molar-refractivity contribution in [2.75, 3.05) is 38.0 Å². The Bertz CT molecular complexity index is 741. The molecule has 0 aliphatic rings. The van der Waals surface area contributed by atoms with Crippen LogP contribution in [0.3, 0.4) is 0 Å². The molecule has 0 bridgehead atoms. The van der Waals surface area contributed by atoms with E-state index in [9.17, 15) is 9.59 Å². The zero-order valence-corrected chi connectivity index (χ0v) is 17.0. The molecule has 0 radical (unpaired) electrons. The first kappa shape index (κ1) is 21.6. The first-order valence-electron chi connectivity index (χ1n) is 9.79. The number of hydrogen-bond donors (Lipinski definition) is 1. The van der Waals surface area contributed by atoms with Gasteiger partial charge in [-0.1, -0.05) is 49.3 Å². The number of benzene rings is 1. The molecule has 0 saturated carbocycles. The highest BCUT2D eigenvalue weighted by Crippen LogP contribution is 2.08. The fourth-order valence-corrected chi connectivity index (χ4v) is 2.93. The highest BCUT2D eigenvalue weighted by Gasteiger charge is 2.18. The molecule has 152 valence electrons. The molecular weight excluding hydrogens is 356 g/mol. The maximum atomic E-state index is 12.8. The summed E-state index contributed by atoms with van der Waals surface area (Å²) >= 11 is 0. The van der Waals surface area contributed by atoms with Crippen LogP contribution in [0.4, 0.5) is 5.82 Å². The van der Waals surface area contributed by atoms with E-state index in [1.165, 1.54) is 0 Å². The first-order chi connectivity index (χ1) is 13.5. The number of nitrogens with one attached hydrogen (secondary N) is 1. The number of amides is 2. The minimum absolute atomic E-state index is 0.000793. The van der Waals surface area contributed by atoms with Gasteiger partial charge in [-0.25, -0.2) is 0 Å². The lowest BCUT2D eigenvalue weighted by Crippen LogP contribution is -2.42. The van der Waals surface area contributed by atoms with Crippen LogP contribution in [0.5, 0.6) is 0 Å². The maximum absolute atomic E-state index is 12.8. The minimum atomic E-state index is -0.277. The molecule has 0 fully saturated rings. The summed E-state index contributed by atoms with van der Waals surface area (Å²) in [6.07, 6.45) is 1.03. The lowest BCUT2D eigenvalue weighted by molar-refractivity contribution is -0.134. The van der Waals surface area contributed by atoms with Gasteiger partial charge in [0.25, 0.3) is 0 Å². The Morgan fingerprint density at radius 2 is 1.82 bits per heavy atom. The summed E-state index contributed by atoms with van der Waals surface area (Å²) in [5.41, 5.74) is 1.11. The third-order valence-electron chi connectivity index (χ3n) is 4.63. The van der Waals surface area contributed by atoms with Crippen molar-refractivity contribution in [3.63, 3.8) is 0 Å². The van der Waals surface area contributed by atoms with E-state index >= 15 is 0 Å². The third-order valence-corrected chi connectivity index (χ3v) is 4.63. The van der Waals surface area contributed by atoms with Crippen molar-refractivity contribution in [3.8, 4) is 0 Å². The topological polar surface area (TPSA) is 78.7 Å². The van der Waals surface area contributed by atoms with Crippen LogP contribution in [0.15, 0.2) is 40.9 Å². The number of anilines is 1. The number of likely N-dealkylation sites (N-methyl/N-ethyl adjacent to an activating group) is 1. The van der Waals surface area contributed by atoms with Gasteiger partial charge in [-0.2, -0.15) is 0 Å². The normalized spacial score (nSPS) is 10.9. The molecule has 0 aliphatic carbocycles. The van der Waals surface area contributed by atoms with Crippen molar-refractivity contribution >= 4 is 17.6 Å². The zero-order valence-electron chi connectivity index (χ0n) is 17.0. The molecule has 28 heavy (non-hydrogen) atoms. The van der Waals surface area contributed by atoms with Gasteiger partial charge in [-0.05, 0) is 32.0 Å². The molecule has 1 N–H and O–H groups in total. The van der Waals surface area contributed by atoms with Crippen molar-refractivity contribution in [1.82, 2.24) is 15.0 Å². The number of rotatable bonds is 11. The summed E-state index contributed by atoms with van der Waals surface area (Å²) < 4.78 is 4.96. The van der Waals surface area contributed by atoms with Gasteiger partial charge < -0.3 is 19.6 Å². The molecule has 7 heteroatoms. The lowest BCUT2D eigenvalue weighted by atomic mass is 10.1. The SMILES string of the molecule is CCN(CC)CCN(CC(=O)Nc1cc(C)on1)C(=O)CCc1ccccc1. The summed E-state index contributed by atoms with van der Waals surface area (Å²) in [5, 5.41) is 6.45. The molecule has 7 nitrogen and oxygen atoms in total. The second kappa shape index (κ2) is 11.2. The summed E-state index contributed by atoms with van der Waals surface area (Å²) in [6, 6.07) is 11.5. The molecule has 0 spiro atoms. The van der Waals surface area contributed by atoms with Gasteiger partial charge in [-0.15, -0.1) is 0 Å². The molecule has 1 aromatic carbocycles. The molecular formula is C21H30N4O3. The Morgan fingerprint density at radius 3 is 2.43 bits per heavy atom. The second-order valence-electron chi connectivity index (χ2n) is 6.70. The van der Waals surface area contributed by atoms with Crippen molar-refractivity contribution in [1.29, 1.82) is 0 Å². The van der Waals surface area contributed by atoms with Gasteiger partial charge in [0.05, 0.1) is 6.54 Å². The van der Waals surface area contributed by atoms with Crippen LogP contribution in [0.1, 0.15) is 31.6 Å². The second-order valence-corrected chi connectivity index (χ2v) is 6.70. The lowest BCUT2D eigenvalue weighted by Gasteiger charge is -2.26. The Morgan fingerprint density at radius 1 is 1.11 bits per heavy atom. The summed E-state index contributed by atoms with van der Waals surface area (Å²) in [5.74, 6) is 0.680. The highest BCUT2D eigenvalue weighted by atomic mass is 16.5. The van der Waals surface area contributed by atoms with Crippen molar-refractivity contribution in [3.05, 3.63) is 47.7 Å². The van der Waals surface area contributed by atoms with Gasteiger partial charge >= 0.3 is 0 Å². The van der Waals surface area contributed by atoms with E-state index in [4.69, 9.17) is 4.52 Å². The Hall–Kier alpha value is -2.67. The predicted octanol–water partition coefficient (Wildman–Crippen LogP) is 2.72. The number of carbonyl (C=O) groups excluding carboxylic acids is 2. The number of aromatic nitrogens is 1. The zero-order chi connectivity index (χ0) is 20.4. The number of nitrogens with zero attached hydrogens (tertiary/aromatic N) is 3. The van der Waals surface area contributed by atoms with E-state index in [1.807, 2.05) is 30.3 Å². The summed E-state index contributed by atoms with van der Waals surface area (Å²) in [4.78, 5) is 29.0. The number of carbonyl (C=O) groups is 2. The van der Waals surface area contributed by atoms with Crippen LogP contribution in [0.2, 0.25) is 0 Å². The van der Waals surface area contributed by atoms with Crippen LogP contribution >= 0.6 is 0 Å². The number of hydrogen-bond acceptors (Lipinski definition) is 5. The molecule has 1 heterocycles. The van der Waals surface area contributed by atoms with E-state index < -0.39 is 0 Å². The van der Waals surface area contributed by atoms with Gasteiger partial charge in [0, 0.05) is 25.6 Å². The van der Waals surface area contributed by atoms with Gasteiger partial charge in [-0.3, -0.25) is 9.59 Å². The molecule has 1 aromatic heterocycles. The molecule has 0 aliphatic heterocycles. The first-order valence-corrected chi connectivity index (χ1v) is 9.79. The molecule has 0 atom stereocenters. The highest BCUT2D eigenvalue weighted by molar-refractivity contribution is 5.93. The Kier molecular flexibility index (Phi) is 8.68. The fourth-order valence-electron chi connectivity index (χ4n) is 2.93. The van der Waals surface area contributed by atoms with Gasteiger partial charge in [0.1, 0.15) is 5.76 Å². The fraction of sp³-hybridized carbons (Fsp3) is 0.476. The average Bonchev–Trinajstić information content (AvgIpc) is 3.11. The smallest absolute Gasteiger partial charge is 0.245 e. The molecule has 2 amide bonds. The van der Waals surface area contributed by atoms with Crippen molar-refractivity contribution < 1.29 is 14.1 Å².